The highest BCUT2D eigenvalue weighted by molar-refractivity contribution is 6.76. The number of carbonyl (C=O) groups is 3. The van der Waals surface area contributed by atoms with Gasteiger partial charge in [0, 0.05) is 43.5 Å². The molecule has 49 heavy (non-hydrogen) atoms. The summed E-state index contributed by atoms with van der Waals surface area (Å²) in [5, 5.41) is 58.1. The predicted molar refractivity (Wildman–Crippen MR) is 180 cm³/mol. The van der Waals surface area contributed by atoms with Gasteiger partial charge in [0.1, 0.15) is 46.7 Å². The number of ketones is 3. The Bertz CT molecular complexity index is 2450. The van der Waals surface area contributed by atoms with Gasteiger partial charge in [-0.3, -0.25) is 14.4 Å². The SMILES string of the molecule is Cc1cc(O)c2c3c(c(O)c4c(c13)OC(C)C4(C)C)C(=O)C(=NC1=C(O)c3c(O)cc(C)c4c5c(c(O)c(c34)C1=O)C(C)(C)C(C)O5)C2=O. The minimum absolute atomic E-state index is 0.00596. The Morgan fingerprint density at radius 2 is 1.02 bits per heavy atom. The third-order valence-electron chi connectivity index (χ3n) is 11.3. The molecule has 4 aromatic rings. The number of aliphatic hydroxyl groups is 1. The zero-order valence-corrected chi connectivity index (χ0v) is 28.0. The number of hydrogen-bond acceptors (Lipinski definition) is 11. The first-order valence-electron chi connectivity index (χ1n) is 15.9. The van der Waals surface area contributed by atoms with Crippen LogP contribution in [-0.4, -0.2) is 60.8 Å². The minimum Gasteiger partial charge on any atom is -0.507 e. The van der Waals surface area contributed by atoms with Crippen molar-refractivity contribution in [2.24, 2.45) is 4.99 Å². The van der Waals surface area contributed by atoms with E-state index in [9.17, 15) is 39.9 Å². The predicted octanol–water partition coefficient (Wildman–Crippen LogP) is 6.49. The van der Waals surface area contributed by atoms with Crippen molar-refractivity contribution < 1.29 is 49.4 Å². The number of carbonyl (C=O) groups excluding carboxylic acids is 3. The standard InChI is InChI=1S/C38H33NO10/c1-11-9-15(40)19-21-17(11)35-25(37(5,6)13(3)48-35)29(42)23(21)33(46)27(31(19)44)39-28-32(45)20-16(41)10-12(2)18-22(20)24(34(28)47)30(43)26-36(18)49-14(4)38(26,7)8/h9-10,13-14,40-44H,1-8H3. The normalized spacial score (nSPS) is 22.2. The van der Waals surface area contributed by atoms with Crippen molar-refractivity contribution in [1.82, 2.24) is 0 Å². The molecule has 4 aromatic carbocycles. The maximum Gasteiger partial charge on any atom is 0.219 e. The lowest BCUT2D eigenvalue weighted by Gasteiger charge is -2.27. The highest BCUT2D eigenvalue weighted by atomic mass is 16.5. The van der Waals surface area contributed by atoms with Gasteiger partial charge in [0.2, 0.25) is 17.3 Å². The Balaban J connectivity index is 1.43. The van der Waals surface area contributed by atoms with Crippen molar-refractivity contribution in [3.63, 3.8) is 0 Å². The summed E-state index contributed by atoms with van der Waals surface area (Å²) < 4.78 is 12.4. The summed E-state index contributed by atoms with van der Waals surface area (Å²) in [6.45, 7) is 14.4. The van der Waals surface area contributed by atoms with Crippen LogP contribution in [0, 0.1) is 13.8 Å². The smallest absolute Gasteiger partial charge is 0.219 e. The number of nitrogens with zero attached hydrogens (tertiary/aromatic N) is 1. The third-order valence-corrected chi connectivity index (χ3v) is 11.3. The van der Waals surface area contributed by atoms with Crippen LogP contribution in [0.5, 0.6) is 34.5 Å². The monoisotopic (exact) mass is 663 g/mol. The van der Waals surface area contributed by atoms with Gasteiger partial charge < -0.3 is 35.0 Å². The Morgan fingerprint density at radius 3 is 1.51 bits per heavy atom. The van der Waals surface area contributed by atoms with E-state index in [0.717, 1.165) is 0 Å². The average Bonchev–Trinajstić information content (AvgIpc) is 3.37. The van der Waals surface area contributed by atoms with E-state index in [4.69, 9.17) is 9.47 Å². The number of aromatic hydroxyl groups is 4. The second kappa shape index (κ2) is 9.10. The van der Waals surface area contributed by atoms with Crippen LogP contribution in [-0.2, 0) is 10.8 Å². The second-order valence-electron chi connectivity index (χ2n) is 14.6. The van der Waals surface area contributed by atoms with Crippen LogP contribution in [0.2, 0.25) is 0 Å². The van der Waals surface area contributed by atoms with Gasteiger partial charge in [-0.05, 0) is 51.0 Å². The molecular formula is C38H33NO10. The van der Waals surface area contributed by atoms with Crippen molar-refractivity contribution in [3.8, 4) is 34.5 Å². The van der Waals surface area contributed by atoms with Crippen LogP contribution in [0.25, 0.3) is 27.3 Å². The molecule has 0 amide bonds. The van der Waals surface area contributed by atoms with Crippen molar-refractivity contribution in [2.45, 2.75) is 78.4 Å². The number of rotatable bonds is 1. The van der Waals surface area contributed by atoms with E-state index >= 15 is 0 Å². The maximum atomic E-state index is 14.4. The largest absolute Gasteiger partial charge is 0.507 e. The molecule has 2 aliphatic carbocycles. The van der Waals surface area contributed by atoms with Gasteiger partial charge in [0.15, 0.2) is 17.2 Å². The van der Waals surface area contributed by atoms with Gasteiger partial charge in [-0.2, -0.15) is 0 Å². The summed E-state index contributed by atoms with van der Waals surface area (Å²) in [5.74, 6) is -5.12. The molecule has 8 rings (SSSR count). The summed E-state index contributed by atoms with van der Waals surface area (Å²) in [5.41, 5.74) is -2.59. The van der Waals surface area contributed by atoms with Gasteiger partial charge in [0.25, 0.3) is 0 Å². The molecule has 0 aromatic heterocycles. The lowest BCUT2D eigenvalue weighted by molar-refractivity contribution is 0.101. The second-order valence-corrected chi connectivity index (χ2v) is 14.6. The van der Waals surface area contributed by atoms with Crippen LogP contribution in [0.1, 0.15) is 100 Å². The molecule has 2 unspecified atom stereocenters. The average molecular weight is 664 g/mol. The van der Waals surface area contributed by atoms with E-state index in [1.54, 1.807) is 13.8 Å². The number of aliphatic imine (C=N–C) groups is 1. The van der Waals surface area contributed by atoms with E-state index in [-0.39, 0.29) is 33.0 Å². The number of aliphatic hydroxyl groups excluding tert-OH is 1. The van der Waals surface area contributed by atoms with E-state index < -0.39 is 80.6 Å². The number of hydrogen-bond donors (Lipinski definition) is 5. The van der Waals surface area contributed by atoms with Gasteiger partial charge in [-0.1, -0.05) is 27.7 Å². The highest BCUT2D eigenvalue weighted by Gasteiger charge is 2.49. The fourth-order valence-corrected chi connectivity index (χ4v) is 8.04. The summed E-state index contributed by atoms with van der Waals surface area (Å²) in [4.78, 5) is 47.1. The lowest BCUT2D eigenvalue weighted by atomic mass is 9.75. The molecule has 11 nitrogen and oxygen atoms in total. The van der Waals surface area contributed by atoms with Crippen molar-refractivity contribution >= 4 is 50.4 Å². The molecule has 2 atom stereocenters. The van der Waals surface area contributed by atoms with Crippen LogP contribution in [0.3, 0.4) is 0 Å². The zero-order chi connectivity index (χ0) is 35.5. The number of phenols is 4. The van der Waals surface area contributed by atoms with Crippen molar-refractivity contribution in [1.29, 1.82) is 0 Å². The number of Topliss-reactive ketones (excluding diaryl/α,β-unsaturated/α-hetero) is 3. The fraction of sp³-hybridized carbons (Fsp3) is 0.316. The molecule has 0 fully saturated rings. The van der Waals surface area contributed by atoms with E-state index in [1.807, 2.05) is 41.5 Å². The van der Waals surface area contributed by atoms with Crippen LogP contribution >= 0.6 is 0 Å². The fourth-order valence-electron chi connectivity index (χ4n) is 8.04. The molecule has 0 saturated carbocycles. The Morgan fingerprint density at radius 1 is 0.612 bits per heavy atom. The minimum atomic E-state index is -1.05. The van der Waals surface area contributed by atoms with Crippen LogP contribution < -0.4 is 9.47 Å². The van der Waals surface area contributed by atoms with Gasteiger partial charge in [-0.25, -0.2) is 4.99 Å². The Kier molecular flexibility index (Phi) is 5.71. The number of allylic oxidation sites excluding steroid dienone is 1. The third kappa shape index (κ3) is 3.42. The Labute approximate surface area is 279 Å². The van der Waals surface area contributed by atoms with Gasteiger partial charge >= 0.3 is 0 Å². The molecule has 2 heterocycles. The summed E-state index contributed by atoms with van der Waals surface area (Å²) in [6, 6.07) is 2.74. The summed E-state index contributed by atoms with van der Waals surface area (Å²) in [7, 11) is 0. The first-order chi connectivity index (χ1) is 22.8. The molecule has 0 saturated heterocycles. The molecule has 0 spiro atoms. The number of fused-ring (bicyclic) bond motifs is 4. The van der Waals surface area contributed by atoms with E-state index in [0.29, 0.717) is 44.5 Å². The van der Waals surface area contributed by atoms with Crippen molar-refractivity contribution in [2.75, 3.05) is 0 Å². The lowest BCUT2D eigenvalue weighted by Crippen LogP contribution is -2.32. The molecule has 0 radical (unpaired) electrons. The van der Waals surface area contributed by atoms with E-state index in [1.165, 1.54) is 12.1 Å². The number of ether oxygens (including phenoxy) is 2. The van der Waals surface area contributed by atoms with Crippen LogP contribution in [0.4, 0.5) is 0 Å². The summed E-state index contributed by atoms with van der Waals surface area (Å²) >= 11 is 0. The van der Waals surface area contributed by atoms with E-state index in [2.05, 4.69) is 4.99 Å². The first-order valence-corrected chi connectivity index (χ1v) is 15.9. The van der Waals surface area contributed by atoms with Crippen molar-refractivity contribution in [3.05, 3.63) is 62.3 Å². The molecule has 11 heteroatoms. The number of aryl methyl sites for hydroxylation is 2. The van der Waals surface area contributed by atoms with Gasteiger partial charge in [-0.15, -0.1) is 0 Å². The summed E-state index contributed by atoms with van der Waals surface area (Å²) in [6.07, 6.45) is -0.832. The maximum absolute atomic E-state index is 14.4. The molecule has 250 valence electrons. The quantitative estimate of drug-likeness (QED) is 0.151. The molecule has 0 bridgehead atoms. The topological polar surface area (TPSA) is 183 Å². The molecule has 5 N–H and O–H groups in total. The molecule has 2 aliphatic heterocycles. The van der Waals surface area contributed by atoms with Crippen LogP contribution in [0.15, 0.2) is 22.8 Å². The zero-order valence-electron chi connectivity index (χ0n) is 28.0. The number of phenolic OH excluding ortho intramolecular Hbond substituents is 4. The Hall–Kier alpha value is -5.58. The molecule has 4 aliphatic rings. The van der Waals surface area contributed by atoms with Gasteiger partial charge in [0.05, 0.1) is 22.3 Å². The number of benzene rings is 4. The highest BCUT2D eigenvalue weighted by Crippen LogP contribution is 2.58. The molecular weight excluding hydrogens is 630 g/mol. The first kappa shape index (κ1) is 30.7.